The molecule has 5 heteroatoms. The molecule has 0 spiro atoms. The van der Waals surface area contributed by atoms with Gasteiger partial charge in [-0.3, -0.25) is 0 Å². The molecule has 1 N–H and O–H groups in total. The lowest BCUT2D eigenvalue weighted by molar-refractivity contribution is 0.397. The van der Waals surface area contributed by atoms with Crippen LogP contribution < -0.4 is 15.0 Å². The highest BCUT2D eigenvalue weighted by molar-refractivity contribution is 7.15. The molecular weight excluding hydrogens is 246 g/mol. The highest BCUT2D eigenvalue weighted by Crippen LogP contribution is 2.30. The van der Waals surface area contributed by atoms with E-state index in [-0.39, 0.29) is 0 Å². The van der Waals surface area contributed by atoms with Crippen LogP contribution in [0, 0.1) is 0 Å². The zero-order chi connectivity index (χ0) is 13.0. The SMILES string of the molecule is COc1nc(N(C)C)sc1CNc1ccccc1. The minimum atomic E-state index is 0.701. The van der Waals surface area contributed by atoms with Gasteiger partial charge in [-0.05, 0) is 12.1 Å². The molecule has 1 aromatic carbocycles. The van der Waals surface area contributed by atoms with Gasteiger partial charge in [-0.2, -0.15) is 4.98 Å². The Balaban J connectivity index is 2.09. The fourth-order valence-electron chi connectivity index (χ4n) is 1.53. The molecule has 96 valence electrons. The molecule has 0 aliphatic heterocycles. The molecule has 2 rings (SSSR count). The summed E-state index contributed by atoms with van der Waals surface area (Å²) >= 11 is 1.64. The Labute approximate surface area is 111 Å². The third kappa shape index (κ3) is 2.92. The lowest BCUT2D eigenvalue weighted by Gasteiger charge is -2.05. The average molecular weight is 263 g/mol. The summed E-state index contributed by atoms with van der Waals surface area (Å²) in [5.41, 5.74) is 1.10. The Kier molecular flexibility index (Phi) is 4.04. The van der Waals surface area contributed by atoms with Gasteiger partial charge in [0.2, 0.25) is 5.88 Å². The summed E-state index contributed by atoms with van der Waals surface area (Å²) in [6.07, 6.45) is 0. The normalized spacial score (nSPS) is 10.2. The van der Waals surface area contributed by atoms with E-state index in [4.69, 9.17) is 4.74 Å². The van der Waals surface area contributed by atoms with E-state index in [1.54, 1.807) is 18.4 Å². The molecule has 1 heterocycles. The fourth-order valence-corrected chi connectivity index (χ4v) is 2.42. The monoisotopic (exact) mass is 263 g/mol. The molecule has 0 aliphatic carbocycles. The molecule has 0 saturated carbocycles. The van der Waals surface area contributed by atoms with Gasteiger partial charge in [0, 0.05) is 19.8 Å². The molecule has 0 bridgehead atoms. The minimum absolute atomic E-state index is 0.701. The number of aromatic nitrogens is 1. The molecule has 2 aromatic rings. The van der Waals surface area contributed by atoms with Gasteiger partial charge in [-0.25, -0.2) is 0 Å². The maximum absolute atomic E-state index is 5.30. The van der Waals surface area contributed by atoms with Crippen LogP contribution in [0.4, 0.5) is 10.8 Å². The summed E-state index contributed by atoms with van der Waals surface area (Å²) in [7, 11) is 5.61. The van der Waals surface area contributed by atoms with Gasteiger partial charge >= 0.3 is 0 Å². The Morgan fingerprint density at radius 2 is 2.00 bits per heavy atom. The van der Waals surface area contributed by atoms with Crippen molar-refractivity contribution in [2.75, 3.05) is 31.4 Å². The topological polar surface area (TPSA) is 37.4 Å². The van der Waals surface area contributed by atoms with Crippen molar-refractivity contribution in [3.05, 3.63) is 35.2 Å². The number of hydrogen-bond acceptors (Lipinski definition) is 5. The van der Waals surface area contributed by atoms with E-state index in [1.807, 2.05) is 49.3 Å². The van der Waals surface area contributed by atoms with Crippen molar-refractivity contribution in [3.63, 3.8) is 0 Å². The molecule has 0 unspecified atom stereocenters. The van der Waals surface area contributed by atoms with Gasteiger partial charge in [0.15, 0.2) is 5.13 Å². The zero-order valence-corrected chi connectivity index (χ0v) is 11.6. The molecule has 1 aromatic heterocycles. The molecule has 4 nitrogen and oxygen atoms in total. The van der Waals surface area contributed by atoms with Crippen LogP contribution in [-0.2, 0) is 6.54 Å². The Morgan fingerprint density at radius 1 is 1.28 bits per heavy atom. The summed E-state index contributed by atoms with van der Waals surface area (Å²) in [5, 5.41) is 4.32. The number of thiazole rings is 1. The minimum Gasteiger partial charge on any atom is -0.480 e. The first-order valence-corrected chi connectivity index (χ1v) is 6.52. The van der Waals surface area contributed by atoms with Crippen molar-refractivity contribution >= 4 is 22.2 Å². The first-order chi connectivity index (χ1) is 8.70. The number of rotatable bonds is 5. The van der Waals surface area contributed by atoms with E-state index in [0.29, 0.717) is 5.88 Å². The van der Waals surface area contributed by atoms with Crippen molar-refractivity contribution < 1.29 is 4.74 Å². The molecule has 0 aliphatic rings. The van der Waals surface area contributed by atoms with Gasteiger partial charge in [0.25, 0.3) is 0 Å². The van der Waals surface area contributed by atoms with Crippen LogP contribution in [-0.4, -0.2) is 26.2 Å². The summed E-state index contributed by atoms with van der Waals surface area (Å²) in [5.74, 6) is 0.701. The van der Waals surface area contributed by atoms with Crippen LogP contribution in [0.3, 0.4) is 0 Å². The Hall–Kier alpha value is -1.75. The second kappa shape index (κ2) is 5.73. The number of para-hydroxylation sites is 1. The third-order valence-corrected chi connectivity index (χ3v) is 3.66. The number of anilines is 2. The maximum Gasteiger partial charge on any atom is 0.231 e. The van der Waals surface area contributed by atoms with Gasteiger partial charge < -0.3 is 15.0 Å². The van der Waals surface area contributed by atoms with Gasteiger partial charge in [-0.1, -0.05) is 29.5 Å². The summed E-state index contributed by atoms with van der Waals surface area (Å²) in [6, 6.07) is 10.1. The first-order valence-electron chi connectivity index (χ1n) is 5.70. The number of methoxy groups -OCH3 is 1. The molecule has 0 atom stereocenters. The maximum atomic E-state index is 5.30. The number of nitrogens with one attached hydrogen (secondary N) is 1. The Morgan fingerprint density at radius 3 is 2.61 bits per heavy atom. The molecule has 0 saturated heterocycles. The van der Waals surface area contributed by atoms with Crippen molar-refractivity contribution in [1.29, 1.82) is 0 Å². The highest BCUT2D eigenvalue weighted by atomic mass is 32.1. The highest BCUT2D eigenvalue weighted by Gasteiger charge is 2.12. The van der Waals surface area contributed by atoms with Crippen molar-refractivity contribution in [2.45, 2.75) is 6.54 Å². The summed E-state index contributed by atoms with van der Waals surface area (Å²) in [6.45, 7) is 0.721. The van der Waals surface area contributed by atoms with E-state index < -0.39 is 0 Å². The van der Waals surface area contributed by atoms with Crippen molar-refractivity contribution in [3.8, 4) is 5.88 Å². The first kappa shape index (κ1) is 12.7. The lowest BCUT2D eigenvalue weighted by atomic mass is 10.3. The molecule has 0 radical (unpaired) electrons. The third-order valence-electron chi connectivity index (χ3n) is 2.45. The van der Waals surface area contributed by atoms with E-state index >= 15 is 0 Å². The Bertz CT molecular complexity index is 496. The molecular formula is C13H17N3OS. The lowest BCUT2D eigenvalue weighted by Crippen LogP contribution is -2.07. The van der Waals surface area contributed by atoms with E-state index in [0.717, 1.165) is 22.2 Å². The second-order valence-corrected chi connectivity index (χ2v) is 5.10. The van der Waals surface area contributed by atoms with Crippen molar-refractivity contribution in [1.82, 2.24) is 4.98 Å². The van der Waals surface area contributed by atoms with Crippen LogP contribution in [0.5, 0.6) is 5.88 Å². The molecule has 0 amide bonds. The number of ether oxygens (including phenoxy) is 1. The smallest absolute Gasteiger partial charge is 0.231 e. The largest absolute Gasteiger partial charge is 0.480 e. The fraction of sp³-hybridized carbons (Fsp3) is 0.308. The van der Waals surface area contributed by atoms with E-state index in [9.17, 15) is 0 Å². The van der Waals surface area contributed by atoms with E-state index in [1.165, 1.54) is 0 Å². The van der Waals surface area contributed by atoms with Gasteiger partial charge in [-0.15, -0.1) is 0 Å². The summed E-state index contributed by atoms with van der Waals surface area (Å²) in [4.78, 5) is 7.51. The standard InChI is InChI=1S/C13H17N3OS/c1-16(2)13-15-12(17-3)11(18-13)9-14-10-7-5-4-6-8-10/h4-8,14H,9H2,1-3H3. The quantitative estimate of drug-likeness (QED) is 0.900. The van der Waals surface area contributed by atoms with Crippen molar-refractivity contribution in [2.24, 2.45) is 0 Å². The predicted octanol–water partition coefficient (Wildman–Crippen LogP) is 2.83. The second-order valence-electron chi connectivity index (χ2n) is 4.04. The number of hydrogen-bond donors (Lipinski definition) is 1. The van der Waals surface area contributed by atoms with E-state index in [2.05, 4.69) is 10.3 Å². The van der Waals surface area contributed by atoms with Gasteiger partial charge in [0.05, 0.1) is 18.5 Å². The van der Waals surface area contributed by atoms with Crippen LogP contribution in [0.15, 0.2) is 30.3 Å². The number of nitrogens with zero attached hydrogens (tertiary/aromatic N) is 2. The van der Waals surface area contributed by atoms with Crippen LogP contribution in [0.25, 0.3) is 0 Å². The summed E-state index contributed by atoms with van der Waals surface area (Å²) < 4.78 is 5.30. The van der Waals surface area contributed by atoms with Crippen LogP contribution >= 0.6 is 11.3 Å². The zero-order valence-electron chi connectivity index (χ0n) is 10.8. The molecule has 0 fully saturated rings. The average Bonchev–Trinajstić information content (AvgIpc) is 2.81. The van der Waals surface area contributed by atoms with Crippen LogP contribution in [0.2, 0.25) is 0 Å². The van der Waals surface area contributed by atoms with Gasteiger partial charge in [0.1, 0.15) is 0 Å². The predicted molar refractivity (Wildman–Crippen MR) is 76.8 cm³/mol. The van der Waals surface area contributed by atoms with Crippen LogP contribution in [0.1, 0.15) is 4.88 Å². The molecule has 18 heavy (non-hydrogen) atoms. The number of benzene rings is 1.